The average Bonchev–Trinajstić information content (AvgIpc) is 3.46. The molecule has 0 heterocycles. The van der Waals surface area contributed by atoms with E-state index in [4.69, 9.17) is 23.2 Å². The van der Waals surface area contributed by atoms with Crippen LogP contribution in [-0.2, 0) is 26.2 Å². The van der Waals surface area contributed by atoms with Gasteiger partial charge in [-0.25, -0.2) is 12.8 Å². The number of carbonyl (C=O) groups is 2. The highest BCUT2D eigenvalue weighted by atomic mass is 35.5. The molecule has 1 aliphatic carbocycles. The van der Waals surface area contributed by atoms with Gasteiger partial charge in [-0.3, -0.25) is 13.9 Å². The van der Waals surface area contributed by atoms with E-state index in [1.54, 1.807) is 49.4 Å². The van der Waals surface area contributed by atoms with Crippen LogP contribution in [0.2, 0.25) is 10.0 Å². The summed E-state index contributed by atoms with van der Waals surface area (Å²) in [5.41, 5.74) is 0.721. The van der Waals surface area contributed by atoms with Gasteiger partial charge in [-0.2, -0.15) is 0 Å². The highest BCUT2D eigenvalue weighted by Crippen LogP contribution is 2.28. The second-order valence-corrected chi connectivity index (χ2v) is 12.4. The van der Waals surface area contributed by atoms with Crippen molar-refractivity contribution in [2.45, 2.75) is 56.1 Å². The predicted octanol–water partition coefficient (Wildman–Crippen LogP) is 5.80. The van der Waals surface area contributed by atoms with Gasteiger partial charge in [0.05, 0.1) is 15.6 Å². The van der Waals surface area contributed by atoms with Crippen LogP contribution in [-0.4, -0.2) is 43.8 Å². The van der Waals surface area contributed by atoms with Crippen LogP contribution in [0.4, 0.5) is 10.1 Å². The van der Waals surface area contributed by atoms with Crippen molar-refractivity contribution in [2.24, 2.45) is 0 Å². The topological polar surface area (TPSA) is 86.8 Å². The number of halogens is 3. The number of sulfonamides is 1. The zero-order chi connectivity index (χ0) is 28.9. The molecule has 1 saturated carbocycles. The lowest BCUT2D eigenvalue weighted by Crippen LogP contribution is -2.52. The number of amides is 2. The first kappa shape index (κ1) is 29.8. The molecule has 1 atom stereocenters. The third-order valence-corrected chi connectivity index (χ3v) is 9.27. The minimum absolute atomic E-state index is 0.0121. The van der Waals surface area contributed by atoms with E-state index in [0.29, 0.717) is 10.6 Å². The maximum absolute atomic E-state index is 14.0. The first-order chi connectivity index (χ1) is 19.1. The molecule has 4 rings (SSSR count). The van der Waals surface area contributed by atoms with Crippen LogP contribution in [0.5, 0.6) is 0 Å². The lowest BCUT2D eigenvalue weighted by molar-refractivity contribution is -0.139. The number of rotatable bonds is 10. The lowest BCUT2D eigenvalue weighted by atomic mass is 10.1. The lowest BCUT2D eigenvalue weighted by Gasteiger charge is -2.32. The van der Waals surface area contributed by atoms with E-state index in [0.717, 1.165) is 42.1 Å². The summed E-state index contributed by atoms with van der Waals surface area (Å²) < 4.78 is 42.3. The summed E-state index contributed by atoms with van der Waals surface area (Å²) in [6.07, 6.45) is 3.80. The maximum atomic E-state index is 14.0. The summed E-state index contributed by atoms with van der Waals surface area (Å²) in [6.45, 7) is 1.01. The number of anilines is 1. The Morgan fingerprint density at radius 1 is 1.00 bits per heavy atom. The summed E-state index contributed by atoms with van der Waals surface area (Å²) in [6, 6.07) is 17.0. The van der Waals surface area contributed by atoms with E-state index >= 15 is 0 Å². The second-order valence-electron chi connectivity index (χ2n) is 9.74. The van der Waals surface area contributed by atoms with Gasteiger partial charge in [-0.1, -0.05) is 66.4 Å². The Bertz CT molecular complexity index is 1450. The first-order valence-electron chi connectivity index (χ1n) is 12.9. The van der Waals surface area contributed by atoms with Crippen LogP contribution in [0.1, 0.15) is 38.2 Å². The molecular weight excluding hydrogens is 576 g/mol. The summed E-state index contributed by atoms with van der Waals surface area (Å²) in [5, 5.41) is 3.24. The molecule has 40 heavy (non-hydrogen) atoms. The predicted molar refractivity (Wildman–Crippen MR) is 154 cm³/mol. The second kappa shape index (κ2) is 13.0. The van der Waals surface area contributed by atoms with E-state index in [1.807, 2.05) is 0 Å². The number of hydrogen-bond donors (Lipinski definition) is 1. The van der Waals surface area contributed by atoms with E-state index < -0.39 is 34.3 Å². The van der Waals surface area contributed by atoms with Crippen molar-refractivity contribution >= 4 is 50.7 Å². The summed E-state index contributed by atoms with van der Waals surface area (Å²) in [4.78, 5) is 28.4. The van der Waals surface area contributed by atoms with Gasteiger partial charge < -0.3 is 10.2 Å². The number of benzene rings is 3. The van der Waals surface area contributed by atoms with Crippen LogP contribution in [0.15, 0.2) is 77.7 Å². The van der Waals surface area contributed by atoms with Crippen molar-refractivity contribution in [3.8, 4) is 0 Å². The first-order valence-corrected chi connectivity index (χ1v) is 15.1. The molecule has 0 bridgehead atoms. The Kier molecular flexibility index (Phi) is 9.71. The largest absolute Gasteiger partial charge is 0.352 e. The Hall–Kier alpha value is -3.14. The zero-order valence-corrected chi connectivity index (χ0v) is 24.2. The Labute approximate surface area is 243 Å². The molecule has 212 valence electrons. The highest BCUT2D eigenvalue weighted by molar-refractivity contribution is 7.92. The molecular formula is C29H30Cl2FN3O4S. The fraction of sp³-hybridized carbons (Fsp3) is 0.310. The van der Waals surface area contributed by atoms with Crippen LogP contribution < -0.4 is 9.62 Å². The normalized spacial score (nSPS) is 14.5. The van der Waals surface area contributed by atoms with Crippen LogP contribution in [0, 0.1) is 5.82 Å². The van der Waals surface area contributed by atoms with E-state index in [9.17, 15) is 22.4 Å². The molecule has 7 nitrogen and oxygen atoms in total. The smallest absolute Gasteiger partial charge is 0.264 e. The van der Waals surface area contributed by atoms with Crippen molar-refractivity contribution in [1.82, 2.24) is 10.2 Å². The van der Waals surface area contributed by atoms with Crippen molar-refractivity contribution in [3.63, 3.8) is 0 Å². The van der Waals surface area contributed by atoms with Gasteiger partial charge in [0, 0.05) is 17.6 Å². The van der Waals surface area contributed by atoms with Crippen molar-refractivity contribution < 1.29 is 22.4 Å². The van der Waals surface area contributed by atoms with Crippen molar-refractivity contribution in [3.05, 3.63) is 94.2 Å². The molecule has 0 saturated heterocycles. The van der Waals surface area contributed by atoms with Gasteiger partial charge in [0.25, 0.3) is 10.0 Å². The summed E-state index contributed by atoms with van der Waals surface area (Å²) >= 11 is 12.0. The molecule has 0 aromatic heterocycles. The van der Waals surface area contributed by atoms with Crippen LogP contribution in [0.25, 0.3) is 0 Å². The number of nitrogens with zero attached hydrogens (tertiary/aromatic N) is 2. The van der Waals surface area contributed by atoms with Gasteiger partial charge in [0.15, 0.2) is 0 Å². The zero-order valence-electron chi connectivity index (χ0n) is 21.9. The number of nitrogens with one attached hydrogen (secondary N) is 1. The Morgan fingerprint density at radius 2 is 1.65 bits per heavy atom. The fourth-order valence-electron chi connectivity index (χ4n) is 4.65. The van der Waals surface area contributed by atoms with Crippen LogP contribution >= 0.6 is 23.2 Å². The molecule has 0 unspecified atom stereocenters. The minimum atomic E-state index is -4.27. The van der Waals surface area contributed by atoms with Crippen molar-refractivity contribution in [1.29, 1.82) is 0 Å². The summed E-state index contributed by atoms with van der Waals surface area (Å²) in [5.74, 6) is -1.67. The van der Waals surface area contributed by atoms with Crippen LogP contribution in [0.3, 0.4) is 0 Å². The Morgan fingerprint density at radius 3 is 2.27 bits per heavy atom. The number of carbonyl (C=O) groups excluding carboxylic acids is 2. The molecule has 2 amide bonds. The molecule has 1 aliphatic rings. The summed E-state index contributed by atoms with van der Waals surface area (Å²) in [7, 11) is -4.27. The monoisotopic (exact) mass is 605 g/mol. The van der Waals surface area contributed by atoms with Gasteiger partial charge in [-0.05, 0) is 67.8 Å². The van der Waals surface area contributed by atoms with Gasteiger partial charge >= 0.3 is 0 Å². The molecule has 3 aromatic rings. The minimum Gasteiger partial charge on any atom is -0.352 e. The highest BCUT2D eigenvalue weighted by Gasteiger charge is 2.33. The third-order valence-electron chi connectivity index (χ3n) is 6.94. The number of hydrogen-bond acceptors (Lipinski definition) is 4. The van der Waals surface area contributed by atoms with Gasteiger partial charge in [-0.15, -0.1) is 0 Å². The van der Waals surface area contributed by atoms with Crippen molar-refractivity contribution in [2.75, 3.05) is 10.8 Å². The Balaban J connectivity index is 1.69. The SMILES string of the molecule is C[C@@H](C(=O)NC1CCCC1)N(Cc1ccc(Cl)cc1)C(=O)CN(c1ccc(F)c(Cl)c1)S(=O)(=O)c1ccccc1. The molecule has 0 radical (unpaired) electrons. The van der Waals surface area contributed by atoms with E-state index in [-0.39, 0.29) is 34.1 Å². The van der Waals surface area contributed by atoms with E-state index in [1.165, 1.54) is 23.1 Å². The molecule has 1 N–H and O–H groups in total. The van der Waals surface area contributed by atoms with Gasteiger partial charge in [0.1, 0.15) is 18.4 Å². The average molecular weight is 607 g/mol. The quantitative estimate of drug-likeness (QED) is 0.316. The molecule has 0 aliphatic heterocycles. The molecule has 1 fully saturated rings. The third kappa shape index (κ3) is 7.13. The van der Waals surface area contributed by atoms with Gasteiger partial charge in [0.2, 0.25) is 11.8 Å². The fourth-order valence-corrected chi connectivity index (χ4v) is 6.38. The molecule has 0 spiro atoms. The maximum Gasteiger partial charge on any atom is 0.264 e. The molecule has 11 heteroatoms. The van der Waals surface area contributed by atoms with E-state index in [2.05, 4.69) is 5.32 Å². The molecule has 3 aromatic carbocycles. The standard InChI is InChI=1S/C29H30Cl2FN3O4S/c1-20(29(37)33-23-7-5-6-8-23)34(18-21-11-13-22(30)14-12-21)28(36)19-35(24-15-16-27(32)26(31)17-24)40(38,39)25-9-3-2-4-10-25/h2-4,9-17,20,23H,5-8,18-19H2,1H3,(H,33,37)/t20-/m0/s1.